The summed E-state index contributed by atoms with van der Waals surface area (Å²) in [6, 6.07) is 11.9. The lowest BCUT2D eigenvalue weighted by Gasteiger charge is -2.38. The fraction of sp³-hybridized carbons (Fsp3) is 0.526. The van der Waals surface area contributed by atoms with Crippen LogP contribution >= 0.6 is 0 Å². The Morgan fingerprint density at radius 1 is 1.24 bits per heavy atom. The van der Waals surface area contributed by atoms with Crippen molar-refractivity contribution in [3.63, 3.8) is 0 Å². The van der Waals surface area contributed by atoms with E-state index < -0.39 is 12.0 Å². The van der Waals surface area contributed by atoms with Crippen LogP contribution in [0.1, 0.15) is 31.7 Å². The molecule has 1 aromatic carbocycles. The van der Waals surface area contributed by atoms with Crippen molar-refractivity contribution in [2.24, 2.45) is 0 Å². The van der Waals surface area contributed by atoms with Crippen LogP contribution in [0.5, 0.6) is 0 Å². The first kappa shape index (κ1) is 17.9. The fourth-order valence-corrected chi connectivity index (χ4v) is 3.00. The average molecular weight is 349 g/mol. The minimum Gasteiger partial charge on any atom is -0.370 e. The monoisotopic (exact) mass is 349 g/mol. The number of unbranched alkanes of at least 4 members (excludes halogenated alkanes) is 1. The summed E-state index contributed by atoms with van der Waals surface area (Å²) in [5.74, 6) is -2.04. The summed E-state index contributed by atoms with van der Waals surface area (Å²) in [4.78, 5) is 1.90. The molecule has 0 spiro atoms. The summed E-state index contributed by atoms with van der Waals surface area (Å²) in [5, 5.41) is 4.55. The van der Waals surface area contributed by atoms with E-state index in [-0.39, 0.29) is 13.0 Å². The second-order valence-corrected chi connectivity index (χ2v) is 6.53. The maximum atomic E-state index is 14.1. The second-order valence-electron chi connectivity index (χ2n) is 6.53. The Morgan fingerprint density at radius 3 is 2.80 bits per heavy atom. The summed E-state index contributed by atoms with van der Waals surface area (Å²) in [6.07, 6.45) is 2.37. The molecule has 0 radical (unpaired) electrons. The van der Waals surface area contributed by atoms with Gasteiger partial charge in [0.1, 0.15) is 6.10 Å². The number of rotatable bonds is 7. The molecule has 0 N–H and O–H groups in total. The minimum atomic E-state index is -2.77. The first-order chi connectivity index (χ1) is 12.1. The normalized spacial score (nSPS) is 20.0. The highest BCUT2D eigenvalue weighted by molar-refractivity contribution is 5.38. The Kier molecular flexibility index (Phi) is 5.68. The minimum absolute atomic E-state index is 0.180. The van der Waals surface area contributed by atoms with Gasteiger partial charge in [0, 0.05) is 31.8 Å². The first-order valence-electron chi connectivity index (χ1n) is 8.90. The smallest absolute Gasteiger partial charge is 0.277 e. The molecule has 1 atom stereocenters. The quantitative estimate of drug-likeness (QED) is 0.709. The highest BCUT2D eigenvalue weighted by atomic mass is 19.3. The van der Waals surface area contributed by atoms with Gasteiger partial charge in [-0.2, -0.15) is 5.10 Å². The molecule has 2 heterocycles. The van der Waals surface area contributed by atoms with E-state index in [1.165, 1.54) is 0 Å². The van der Waals surface area contributed by atoms with Gasteiger partial charge in [0.25, 0.3) is 5.92 Å². The van der Waals surface area contributed by atoms with Crippen LogP contribution in [0.3, 0.4) is 0 Å². The lowest BCUT2D eigenvalue weighted by atomic mass is 10.0. The van der Waals surface area contributed by atoms with Crippen LogP contribution in [-0.2, 0) is 11.3 Å². The number of aromatic nitrogens is 2. The lowest BCUT2D eigenvalue weighted by Crippen LogP contribution is -2.52. The Bertz CT molecular complexity index is 660. The molecule has 6 heteroatoms. The van der Waals surface area contributed by atoms with Crippen molar-refractivity contribution in [1.29, 1.82) is 0 Å². The van der Waals surface area contributed by atoms with Crippen molar-refractivity contribution in [2.75, 3.05) is 24.6 Å². The predicted molar refractivity (Wildman–Crippen MR) is 94.2 cm³/mol. The summed E-state index contributed by atoms with van der Waals surface area (Å²) in [6.45, 7) is 3.55. The molecular weight excluding hydrogens is 324 g/mol. The lowest BCUT2D eigenvalue weighted by molar-refractivity contribution is -0.145. The maximum Gasteiger partial charge on any atom is 0.277 e. The van der Waals surface area contributed by atoms with Crippen molar-refractivity contribution in [1.82, 2.24) is 9.78 Å². The number of halogens is 2. The zero-order valence-corrected chi connectivity index (χ0v) is 14.6. The molecular formula is C19H25F2N3O. The van der Waals surface area contributed by atoms with Crippen LogP contribution in [0.4, 0.5) is 14.6 Å². The molecule has 1 aromatic heterocycles. The topological polar surface area (TPSA) is 30.3 Å². The zero-order valence-electron chi connectivity index (χ0n) is 14.6. The van der Waals surface area contributed by atoms with E-state index in [1.807, 2.05) is 59.1 Å². The van der Waals surface area contributed by atoms with E-state index in [4.69, 9.17) is 4.74 Å². The van der Waals surface area contributed by atoms with Crippen LogP contribution in [0.15, 0.2) is 42.6 Å². The number of ether oxygens (including phenoxy) is 1. The van der Waals surface area contributed by atoms with Gasteiger partial charge in [-0.1, -0.05) is 43.7 Å². The van der Waals surface area contributed by atoms with Crippen LogP contribution in [0, 0.1) is 0 Å². The van der Waals surface area contributed by atoms with Gasteiger partial charge in [-0.05, 0) is 12.0 Å². The second kappa shape index (κ2) is 7.95. The molecule has 136 valence electrons. The van der Waals surface area contributed by atoms with Gasteiger partial charge in [-0.15, -0.1) is 0 Å². The van der Waals surface area contributed by atoms with Gasteiger partial charge in [0.15, 0.2) is 5.82 Å². The molecule has 0 bridgehead atoms. The number of piperidine rings is 1. The third-order valence-corrected chi connectivity index (χ3v) is 4.53. The van der Waals surface area contributed by atoms with E-state index >= 15 is 0 Å². The highest BCUT2D eigenvalue weighted by Gasteiger charge is 2.45. The molecule has 0 amide bonds. The Labute approximate surface area is 147 Å². The van der Waals surface area contributed by atoms with Crippen LogP contribution in [0.2, 0.25) is 0 Å². The summed E-state index contributed by atoms with van der Waals surface area (Å²) in [5.41, 5.74) is 1.16. The number of benzene rings is 1. The van der Waals surface area contributed by atoms with Crippen LogP contribution < -0.4 is 4.90 Å². The number of hydrogen-bond acceptors (Lipinski definition) is 3. The number of anilines is 1. The molecule has 4 nitrogen and oxygen atoms in total. The van der Waals surface area contributed by atoms with Gasteiger partial charge < -0.3 is 9.64 Å². The van der Waals surface area contributed by atoms with Gasteiger partial charge in [-0.25, -0.2) is 8.78 Å². The van der Waals surface area contributed by atoms with Crippen molar-refractivity contribution < 1.29 is 13.5 Å². The Morgan fingerprint density at radius 2 is 2.04 bits per heavy atom. The van der Waals surface area contributed by atoms with Gasteiger partial charge >= 0.3 is 0 Å². The van der Waals surface area contributed by atoms with Crippen LogP contribution in [0.25, 0.3) is 0 Å². The summed E-state index contributed by atoms with van der Waals surface area (Å²) < 4.78 is 35.5. The molecule has 1 saturated heterocycles. The largest absolute Gasteiger partial charge is 0.370 e. The first-order valence-corrected chi connectivity index (χ1v) is 8.90. The molecule has 2 aromatic rings. The Hall–Kier alpha value is -1.95. The molecule has 0 aliphatic carbocycles. The van der Waals surface area contributed by atoms with E-state index in [9.17, 15) is 8.78 Å². The molecule has 1 unspecified atom stereocenters. The van der Waals surface area contributed by atoms with Crippen molar-refractivity contribution in [2.45, 2.75) is 44.8 Å². The zero-order chi connectivity index (χ0) is 17.7. The summed E-state index contributed by atoms with van der Waals surface area (Å²) in [7, 11) is 0. The SMILES string of the molecule is CCCCOC1CN(c2ccn(Cc3ccccc3)n2)CCC1(F)F. The molecule has 0 saturated carbocycles. The predicted octanol–water partition coefficient (Wildman–Crippen LogP) is 3.96. The van der Waals surface area contributed by atoms with Gasteiger partial charge in [0.05, 0.1) is 13.1 Å². The maximum absolute atomic E-state index is 14.1. The van der Waals surface area contributed by atoms with Gasteiger partial charge in [0.2, 0.25) is 0 Å². The third-order valence-electron chi connectivity index (χ3n) is 4.53. The average Bonchev–Trinajstić information content (AvgIpc) is 3.06. The van der Waals surface area contributed by atoms with Crippen LogP contribution in [-0.4, -0.2) is 41.5 Å². The van der Waals surface area contributed by atoms with Gasteiger partial charge in [-0.3, -0.25) is 4.68 Å². The number of nitrogens with zero attached hydrogens (tertiary/aromatic N) is 3. The van der Waals surface area contributed by atoms with E-state index in [0.717, 1.165) is 24.2 Å². The molecule has 1 aliphatic heterocycles. The molecule has 1 fully saturated rings. The number of hydrogen-bond donors (Lipinski definition) is 0. The highest BCUT2D eigenvalue weighted by Crippen LogP contribution is 2.32. The fourth-order valence-electron chi connectivity index (χ4n) is 3.00. The molecule has 25 heavy (non-hydrogen) atoms. The molecule has 3 rings (SSSR count). The third kappa shape index (κ3) is 4.57. The van der Waals surface area contributed by atoms with Crippen molar-refractivity contribution in [3.05, 3.63) is 48.2 Å². The van der Waals surface area contributed by atoms with E-state index in [0.29, 0.717) is 19.7 Å². The summed E-state index contributed by atoms with van der Waals surface area (Å²) >= 11 is 0. The van der Waals surface area contributed by atoms with Crippen molar-refractivity contribution >= 4 is 5.82 Å². The standard InChI is InChI=1S/C19H25F2N3O/c1-2-3-13-25-17-15-23(12-10-19(17,20)21)18-9-11-24(22-18)14-16-7-5-4-6-8-16/h4-9,11,17H,2-3,10,12-15H2,1H3. The van der Waals surface area contributed by atoms with Crippen molar-refractivity contribution in [3.8, 4) is 0 Å². The number of alkyl halides is 2. The van der Waals surface area contributed by atoms with E-state index in [2.05, 4.69) is 5.10 Å². The van der Waals surface area contributed by atoms with E-state index in [1.54, 1.807) is 0 Å². The molecule has 1 aliphatic rings. The Balaban J connectivity index is 1.63.